The van der Waals surface area contributed by atoms with Crippen LogP contribution in [0.4, 0.5) is 0 Å². The predicted octanol–water partition coefficient (Wildman–Crippen LogP) is 3.18. The van der Waals surface area contributed by atoms with Gasteiger partial charge in [0, 0.05) is 0 Å². The molecule has 1 aromatic carbocycles. The minimum Gasteiger partial charge on any atom is -0.466 e. The Kier molecular flexibility index (Phi) is 4.59. The number of benzene rings is 1. The smallest absolute Gasteiger partial charge is 0.312 e. The molecule has 3 heteroatoms. The third kappa shape index (κ3) is 3.16. The van der Waals surface area contributed by atoms with Gasteiger partial charge in [0.1, 0.15) is 0 Å². The Morgan fingerprint density at radius 2 is 2.05 bits per heavy atom. The van der Waals surface area contributed by atoms with E-state index in [1.165, 1.54) is 5.56 Å². The van der Waals surface area contributed by atoms with Gasteiger partial charge < -0.3 is 9.47 Å². The SMILES string of the molecule is CCOC(=O)[C@]1(CC)C[C@@H]1COCc1ccccc1. The van der Waals surface area contributed by atoms with Crippen molar-refractivity contribution in [1.29, 1.82) is 0 Å². The molecule has 0 amide bonds. The van der Waals surface area contributed by atoms with Crippen LogP contribution in [-0.2, 0) is 20.9 Å². The van der Waals surface area contributed by atoms with Gasteiger partial charge in [0.2, 0.25) is 0 Å². The van der Waals surface area contributed by atoms with Crippen LogP contribution in [-0.4, -0.2) is 19.2 Å². The lowest BCUT2D eigenvalue weighted by Gasteiger charge is -2.13. The summed E-state index contributed by atoms with van der Waals surface area (Å²) in [7, 11) is 0. The Hall–Kier alpha value is -1.35. The number of ether oxygens (including phenoxy) is 2. The van der Waals surface area contributed by atoms with Crippen molar-refractivity contribution < 1.29 is 14.3 Å². The molecule has 0 unspecified atom stereocenters. The van der Waals surface area contributed by atoms with Crippen molar-refractivity contribution in [3.63, 3.8) is 0 Å². The van der Waals surface area contributed by atoms with E-state index < -0.39 is 0 Å². The Labute approximate surface area is 114 Å². The first kappa shape index (κ1) is 14.1. The summed E-state index contributed by atoms with van der Waals surface area (Å²) >= 11 is 0. The van der Waals surface area contributed by atoms with E-state index in [1.54, 1.807) is 0 Å². The molecule has 104 valence electrons. The van der Waals surface area contributed by atoms with Crippen LogP contribution < -0.4 is 0 Å². The normalized spacial score (nSPS) is 25.1. The second-order valence-corrected chi connectivity index (χ2v) is 5.13. The highest BCUT2D eigenvalue weighted by molar-refractivity contribution is 5.80. The summed E-state index contributed by atoms with van der Waals surface area (Å²) < 4.78 is 10.9. The molecule has 2 rings (SSSR count). The highest BCUT2D eigenvalue weighted by Crippen LogP contribution is 2.56. The highest BCUT2D eigenvalue weighted by Gasteiger charge is 2.59. The molecule has 3 nitrogen and oxygen atoms in total. The van der Waals surface area contributed by atoms with E-state index in [0.29, 0.717) is 25.7 Å². The van der Waals surface area contributed by atoms with E-state index in [-0.39, 0.29) is 11.4 Å². The minimum absolute atomic E-state index is 0.0502. The van der Waals surface area contributed by atoms with E-state index in [4.69, 9.17) is 9.47 Å². The number of hydrogen-bond donors (Lipinski definition) is 0. The zero-order chi connectivity index (χ0) is 13.7. The largest absolute Gasteiger partial charge is 0.466 e. The van der Waals surface area contributed by atoms with E-state index >= 15 is 0 Å². The average Bonchev–Trinajstić information content (AvgIpc) is 3.15. The molecule has 1 aliphatic carbocycles. The molecule has 0 spiro atoms. The van der Waals surface area contributed by atoms with Crippen LogP contribution in [0.5, 0.6) is 0 Å². The molecule has 19 heavy (non-hydrogen) atoms. The van der Waals surface area contributed by atoms with Crippen LogP contribution in [0.25, 0.3) is 0 Å². The Morgan fingerprint density at radius 3 is 2.68 bits per heavy atom. The van der Waals surface area contributed by atoms with Gasteiger partial charge in [-0.25, -0.2) is 0 Å². The van der Waals surface area contributed by atoms with E-state index in [9.17, 15) is 4.79 Å². The molecule has 1 saturated carbocycles. The number of carbonyl (C=O) groups excluding carboxylic acids is 1. The van der Waals surface area contributed by atoms with Gasteiger partial charge in [-0.1, -0.05) is 37.3 Å². The van der Waals surface area contributed by atoms with Crippen molar-refractivity contribution in [1.82, 2.24) is 0 Å². The number of esters is 1. The zero-order valence-corrected chi connectivity index (χ0v) is 11.7. The van der Waals surface area contributed by atoms with Gasteiger partial charge in [-0.05, 0) is 31.2 Å². The third-order valence-electron chi connectivity index (χ3n) is 3.98. The molecule has 0 bridgehead atoms. The molecule has 0 aliphatic heterocycles. The van der Waals surface area contributed by atoms with Gasteiger partial charge in [-0.15, -0.1) is 0 Å². The van der Waals surface area contributed by atoms with E-state index in [0.717, 1.165) is 12.8 Å². The lowest BCUT2D eigenvalue weighted by atomic mass is 10.0. The second-order valence-electron chi connectivity index (χ2n) is 5.13. The molecule has 2 atom stereocenters. The van der Waals surface area contributed by atoms with Crippen LogP contribution in [0.15, 0.2) is 30.3 Å². The first-order chi connectivity index (χ1) is 9.23. The summed E-state index contributed by atoms with van der Waals surface area (Å²) in [6.45, 7) is 5.61. The summed E-state index contributed by atoms with van der Waals surface area (Å²) in [4.78, 5) is 11.9. The molecular formula is C16H22O3. The Bertz CT molecular complexity index is 415. The third-order valence-corrected chi connectivity index (χ3v) is 3.98. The van der Waals surface area contributed by atoms with Gasteiger partial charge >= 0.3 is 5.97 Å². The van der Waals surface area contributed by atoms with Gasteiger partial charge in [-0.3, -0.25) is 4.79 Å². The first-order valence-corrected chi connectivity index (χ1v) is 7.02. The molecule has 0 saturated heterocycles. The summed E-state index contributed by atoms with van der Waals surface area (Å²) in [5.74, 6) is 0.270. The Balaban J connectivity index is 1.77. The fraction of sp³-hybridized carbons (Fsp3) is 0.562. The fourth-order valence-electron chi connectivity index (χ4n) is 2.59. The summed E-state index contributed by atoms with van der Waals surface area (Å²) in [6, 6.07) is 10.1. The van der Waals surface area contributed by atoms with E-state index in [2.05, 4.69) is 0 Å². The predicted molar refractivity (Wildman–Crippen MR) is 73.6 cm³/mol. The second kappa shape index (κ2) is 6.20. The van der Waals surface area contributed by atoms with Crippen LogP contribution in [0.3, 0.4) is 0 Å². The lowest BCUT2D eigenvalue weighted by Crippen LogP contribution is -2.22. The molecule has 1 aliphatic rings. The molecule has 0 heterocycles. The summed E-state index contributed by atoms with van der Waals surface area (Å²) in [6.07, 6.45) is 1.74. The number of carbonyl (C=O) groups is 1. The average molecular weight is 262 g/mol. The van der Waals surface area contributed by atoms with Crippen molar-refractivity contribution >= 4 is 5.97 Å². The van der Waals surface area contributed by atoms with Crippen LogP contribution >= 0.6 is 0 Å². The van der Waals surface area contributed by atoms with Crippen LogP contribution in [0.2, 0.25) is 0 Å². The maximum Gasteiger partial charge on any atom is 0.312 e. The number of hydrogen-bond acceptors (Lipinski definition) is 3. The maximum absolute atomic E-state index is 11.9. The van der Waals surface area contributed by atoms with Crippen LogP contribution in [0, 0.1) is 11.3 Å². The highest BCUT2D eigenvalue weighted by atomic mass is 16.5. The van der Waals surface area contributed by atoms with Crippen molar-refractivity contribution in [3.05, 3.63) is 35.9 Å². The summed E-state index contributed by atoms with van der Waals surface area (Å²) in [5.41, 5.74) is 0.897. The van der Waals surface area contributed by atoms with Gasteiger partial charge in [0.25, 0.3) is 0 Å². The first-order valence-electron chi connectivity index (χ1n) is 7.02. The van der Waals surface area contributed by atoms with Crippen molar-refractivity contribution in [3.8, 4) is 0 Å². The fourth-order valence-corrected chi connectivity index (χ4v) is 2.59. The standard InChI is InChI=1S/C16H22O3/c1-3-16(15(17)19-4-2)10-14(16)12-18-11-13-8-6-5-7-9-13/h5-9,14H,3-4,10-12H2,1-2H3/t14-,16-/m1/s1. The molecular weight excluding hydrogens is 240 g/mol. The lowest BCUT2D eigenvalue weighted by molar-refractivity contribution is -0.150. The molecule has 1 fully saturated rings. The summed E-state index contributed by atoms with van der Waals surface area (Å²) in [5, 5.41) is 0. The van der Waals surface area contributed by atoms with E-state index in [1.807, 2.05) is 44.2 Å². The van der Waals surface area contributed by atoms with Crippen molar-refractivity contribution in [2.24, 2.45) is 11.3 Å². The van der Waals surface area contributed by atoms with Gasteiger partial charge in [0.15, 0.2) is 0 Å². The minimum atomic E-state index is -0.271. The van der Waals surface area contributed by atoms with Gasteiger partial charge in [0.05, 0.1) is 25.2 Å². The van der Waals surface area contributed by atoms with Crippen molar-refractivity contribution in [2.75, 3.05) is 13.2 Å². The molecule has 1 aromatic rings. The topological polar surface area (TPSA) is 35.5 Å². The van der Waals surface area contributed by atoms with Crippen LogP contribution in [0.1, 0.15) is 32.3 Å². The molecule has 0 N–H and O–H groups in total. The Morgan fingerprint density at radius 1 is 1.32 bits per heavy atom. The number of rotatable bonds is 7. The zero-order valence-electron chi connectivity index (χ0n) is 11.7. The van der Waals surface area contributed by atoms with Crippen molar-refractivity contribution in [2.45, 2.75) is 33.3 Å². The van der Waals surface area contributed by atoms with Gasteiger partial charge in [-0.2, -0.15) is 0 Å². The molecule has 0 aromatic heterocycles. The maximum atomic E-state index is 11.9. The molecule has 0 radical (unpaired) electrons. The monoisotopic (exact) mass is 262 g/mol. The quantitative estimate of drug-likeness (QED) is 0.708.